The summed E-state index contributed by atoms with van der Waals surface area (Å²) in [6, 6.07) is 3.29. The van der Waals surface area contributed by atoms with Crippen LogP contribution in [0.5, 0.6) is 0 Å². The number of thioether (sulfide) groups is 1. The molecule has 0 saturated carbocycles. The summed E-state index contributed by atoms with van der Waals surface area (Å²) in [4.78, 5) is 11.9. The Morgan fingerprint density at radius 3 is 2.61 bits per heavy atom. The van der Waals surface area contributed by atoms with E-state index in [1.54, 1.807) is 18.5 Å². The van der Waals surface area contributed by atoms with Crippen molar-refractivity contribution in [1.29, 1.82) is 0 Å². The average molecular weight is 341 g/mol. The van der Waals surface area contributed by atoms with Crippen molar-refractivity contribution >= 4 is 23.6 Å². The number of hydrogen-bond donors (Lipinski definition) is 2. The number of carbonyl (C=O) groups excluding carboxylic acids is 1. The Kier molecular flexibility index (Phi) is 5.54. The topological polar surface area (TPSA) is 85.8 Å². The fourth-order valence-corrected chi connectivity index (χ4v) is 2.71. The minimum atomic E-state index is -0.616. The number of nitrogens with zero attached hydrogens (tertiary/aromatic N) is 3. The maximum atomic E-state index is 13.6. The van der Waals surface area contributed by atoms with Gasteiger partial charge in [0.05, 0.1) is 5.75 Å². The third-order valence-corrected chi connectivity index (χ3v) is 4.20. The Morgan fingerprint density at radius 1 is 1.39 bits per heavy atom. The molecular weight excluding hydrogens is 324 g/mol. The van der Waals surface area contributed by atoms with E-state index >= 15 is 0 Å². The minimum Gasteiger partial charge on any atom is -0.368 e. The molecule has 0 radical (unpaired) electrons. The summed E-state index contributed by atoms with van der Waals surface area (Å²) in [5, 5.41) is 10.7. The zero-order chi connectivity index (χ0) is 17.0. The highest BCUT2D eigenvalue weighted by atomic mass is 32.2. The number of carbonyl (C=O) groups is 1. The molecule has 3 N–H and O–H groups in total. The molecule has 0 saturated heterocycles. The van der Waals surface area contributed by atoms with Crippen LogP contribution in [0.3, 0.4) is 0 Å². The van der Waals surface area contributed by atoms with Crippen molar-refractivity contribution in [2.24, 2.45) is 7.05 Å². The van der Waals surface area contributed by atoms with Gasteiger partial charge in [0.15, 0.2) is 5.16 Å². The van der Waals surface area contributed by atoms with E-state index in [4.69, 9.17) is 5.73 Å². The van der Waals surface area contributed by atoms with Crippen LogP contribution in [-0.2, 0) is 18.3 Å². The first kappa shape index (κ1) is 17.2. The number of aromatic nitrogens is 3. The standard InChI is InChI=1S/C14H17F2N5OS/c1-8(6-9-10(15)4-3-5-11(9)16)18-12(22)7-23-14-20-19-13(17)21(14)2/h3-5,8H,6-7H2,1-2H3,(H2,17,19)(H,18,22)/t8-/m1/s1. The van der Waals surface area contributed by atoms with Crippen molar-refractivity contribution in [3.05, 3.63) is 35.4 Å². The molecule has 23 heavy (non-hydrogen) atoms. The second-order valence-electron chi connectivity index (χ2n) is 5.06. The van der Waals surface area contributed by atoms with Crippen LogP contribution in [0.15, 0.2) is 23.4 Å². The molecule has 2 rings (SSSR count). The van der Waals surface area contributed by atoms with Gasteiger partial charge in [0.25, 0.3) is 0 Å². The van der Waals surface area contributed by atoms with Gasteiger partial charge in [0.2, 0.25) is 11.9 Å². The van der Waals surface area contributed by atoms with E-state index in [0.29, 0.717) is 5.16 Å². The second kappa shape index (κ2) is 7.40. The van der Waals surface area contributed by atoms with Gasteiger partial charge in [-0.15, -0.1) is 10.2 Å². The second-order valence-corrected chi connectivity index (χ2v) is 6.00. The van der Waals surface area contributed by atoms with Crippen molar-refractivity contribution in [3.8, 4) is 0 Å². The molecular formula is C14H17F2N5OS. The predicted molar refractivity (Wildman–Crippen MR) is 83.8 cm³/mol. The van der Waals surface area contributed by atoms with Gasteiger partial charge in [0.1, 0.15) is 11.6 Å². The number of anilines is 1. The van der Waals surface area contributed by atoms with E-state index in [1.165, 1.54) is 30.0 Å². The summed E-state index contributed by atoms with van der Waals surface area (Å²) in [6.45, 7) is 1.69. The zero-order valence-electron chi connectivity index (χ0n) is 12.7. The monoisotopic (exact) mass is 341 g/mol. The maximum Gasteiger partial charge on any atom is 0.230 e. The van der Waals surface area contributed by atoms with Gasteiger partial charge in [-0.1, -0.05) is 17.8 Å². The lowest BCUT2D eigenvalue weighted by Gasteiger charge is -2.14. The number of halogens is 2. The van der Waals surface area contributed by atoms with Crippen molar-refractivity contribution in [2.45, 2.75) is 24.5 Å². The van der Waals surface area contributed by atoms with Gasteiger partial charge in [-0.3, -0.25) is 9.36 Å². The maximum absolute atomic E-state index is 13.6. The van der Waals surface area contributed by atoms with Crippen molar-refractivity contribution < 1.29 is 13.6 Å². The zero-order valence-corrected chi connectivity index (χ0v) is 13.5. The van der Waals surface area contributed by atoms with Crippen LogP contribution in [0, 0.1) is 11.6 Å². The number of benzene rings is 1. The van der Waals surface area contributed by atoms with Crippen molar-refractivity contribution in [3.63, 3.8) is 0 Å². The average Bonchev–Trinajstić information content (AvgIpc) is 2.81. The highest BCUT2D eigenvalue weighted by molar-refractivity contribution is 7.99. The van der Waals surface area contributed by atoms with Gasteiger partial charge in [-0.25, -0.2) is 8.78 Å². The molecule has 0 unspecified atom stereocenters. The molecule has 1 amide bonds. The Balaban J connectivity index is 1.86. The molecule has 1 atom stereocenters. The summed E-state index contributed by atoms with van der Waals surface area (Å²) in [5.41, 5.74) is 5.51. The molecule has 2 aromatic rings. The van der Waals surface area contributed by atoms with E-state index in [2.05, 4.69) is 15.5 Å². The number of nitrogens with two attached hydrogens (primary N) is 1. The molecule has 0 aliphatic carbocycles. The summed E-state index contributed by atoms with van der Waals surface area (Å²) in [5.74, 6) is -1.13. The van der Waals surface area contributed by atoms with Crippen LogP contribution in [0.2, 0.25) is 0 Å². The van der Waals surface area contributed by atoms with Crippen LogP contribution < -0.4 is 11.1 Å². The van der Waals surface area contributed by atoms with Gasteiger partial charge in [0, 0.05) is 18.7 Å². The van der Waals surface area contributed by atoms with E-state index in [-0.39, 0.29) is 29.6 Å². The van der Waals surface area contributed by atoms with Crippen LogP contribution in [0.4, 0.5) is 14.7 Å². The van der Waals surface area contributed by atoms with Gasteiger partial charge in [-0.05, 0) is 25.5 Å². The first-order valence-corrected chi connectivity index (χ1v) is 7.87. The Hall–Kier alpha value is -2.16. The summed E-state index contributed by atoms with van der Waals surface area (Å²) < 4.78 is 28.7. The summed E-state index contributed by atoms with van der Waals surface area (Å²) >= 11 is 1.18. The molecule has 9 heteroatoms. The Morgan fingerprint density at radius 2 is 2.04 bits per heavy atom. The van der Waals surface area contributed by atoms with E-state index in [0.717, 1.165) is 0 Å². The van der Waals surface area contributed by atoms with Crippen LogP contribution in [0.25, 0.3) is 0 Å². The number of rotatable bonds is 6. The third kappa shape index (κ3) is 4.41. The lowest BCUT2D eigenvalue weighted by Crippen LogP contribution is -2.35. The van der Waals surface area contributed by atoms with Crippen LogP contribution in [0.1, 0.15) is 12.5 Å². The number of amides is 1. The number of nitrogens with one attached hydrogen (secondary N) is 1. The largest absolute Gasteiger partial charge is 0.368 e. The molecule has 0 bridgehead atoms. The summed E-state index contributed by atoms with van der Waals surface area (Å²) in [6.07, 6.45) is 0.0752. The quantitative estimate of drug-likeness (QED) is 0.778. The molecule has 0 aliphatic heterocycles. The molecule has 0 fully saturated rings. The Bertz CT molecular complexity index is 686. The van der Waals surface area contributed by atoms with E-state index in [1.807, 2.05) is 0 Å². The first-order chi connectivity index (χ1) is 10.9. The SMILES string of the molecule is C[C@H](Cc1c(F)cccc1F)NC(=O)CSc1nnc(N)n1C. The molecule has 6 nitrogen and oxygen atoms in total. The lowest BCUT2D eigenvalue weighted by molar-refractivity contribution is -0.119. The smallest absolute Gasteiger partial charge is 0.230 e. The summed E-state index contributed by atoms with van der Waals surface area (Å²) in [7, 11) is 1.69. The predicted octanol–water partition coefficient (Wildman–Crippen LogP) is 1.51. The van der Waals surface area contributed by atoms with Crippen molar-refractivity contribution in [1.82, 2.24) is 20.1 Å². The van der Waals surface area contributed by atoms with Crippen molar-refractivity contribution in [2.75, 3.05) is 11.5 Å². The van der Waals surface area contributed by atoms with E-state index < -0.39 is 17.7 Å². The molecule has 1 aromatic carbocycles. The lowest BCUT2D eigenvalue weighted by atomic mass is 10.1. The molecule has 1 heterocycles. The number of nitrogen functional groups attached to an aromatic ring is 1. The highest BCUT2D eigenvalue weighted by Gasteiger charge is 2.15. The first-order valence-electron chi connectivity index (χ1n) is 6.88. The molecule has 124 valence electrons. The van der Waals surface area contributed by atoms with Gasteiger partial charge < -0.3 is 11.1 Å². The Labute approximate surface area is 136 Å². The van der Waals surface area contributed by atoms with Gasteiger partial charge in [-0.2, -0.15) is 0 Å². The third-order valence-electron chi connectivity index (χ3n) is 3.18. The van der Waals surface area contributed by atoms with Gasteiger partial charge >= 0.3 is 0 Å². The molecule has 0 aliphatic rings. The minimum absolute atomic E-state index is 0.0333. The highest BCUT2D eigenvalue weighted by Crippen LogP contribution is 2.17. The number of hydrogen-bond acceptors (Lipinski definition) is 5. The van der Waals surface area contributed by atoms with Crippen LogP contribution >= 0.6 is 11.8 Å². The van der Waals surface area contributed by atoms with E-state index in [9.17, 15) is 13.6 Å². The molecule has 1 aromatic heterocycles. The molecule has 0 spiro atoms. The normalized spacial score (nSPS) is 12.2. The fraction of sp³-hybridized carbons (Fsp3) is 0.357. The fourth-order valence-electron chi connectivity index (χ4n) is 1.98. The van der Waals surface area contributed by atoms with Crippen LogP contribution in [-0.4, -0.2) is 32.5 Å².